The molecular formula is C23H28O6. The van der Waals surface area contributed by atoms with Gasteiger partial charge in [0.25, 0.3) is 0 Å². The maximum atomic E-state index is 12.7. The molecule has 29 heavy (non-hydrogen) atoms. The quantitative estimate of drug-likeness (QED) is 0.538. The number of carboxylic acid groups (broad SMARTS) is 1. The van der Waals surface area contributed by atoms with Gasteiger partial charge in [-0.15, -0.1) is 0 Å². The molecule has 2 saturated carbocycles. The third kappa shape index (κ3) is 1.78. The number of hydrogen-bond acceptors (Lipinski definition) is 5. The summed E-state index contributed by atoms with van der Waals surface area (Å²) in [5.41, 5.74) is -1.39. The van der Waals surface area contributed by atoms with Crippen LogP contribution in [0.25, 0.3) is 0 Å². The molecule has 4 unspecified atom stereocenters. The minimum Gasteiger partial charge on any atom is -0.479 e. The SMILES string of the molecule is CC1(C)O[C@@H]2CC3C4CC=C5CC(=O)C=CC5(C)[C@@]45O[C@H]5CC3(C)[C@]2(C(=O)O)O1. The van der Waals surface area contributed by atoms with Crippen molar-refractivity contribution >= 4 is 11.8 Å². The summed E-state index contributed by atoms with van der Waals surface area (Å²) in [6.45, 7) is 7.87. The van der Waals surface area contributed by atoms with Crippen LogP contribution in [-0.2, 0) is 23.8 Å². The van der Waals surface area contributed by atoms with Crippen LogP contribution in [0.15, 0.2) is 23.8 Å². The Morgan fingerprint density at radius 2 is 1.90 bits per heavy atom. The van der Waals surface area contributed by atoms with Gasteiger partial charge in [-0.3, -0.25) is 4.79 Å². The molecule has 0 aromatic carbocycles. The fraction of sp³-hybridized carbons (Fsp3) is 0.739. The van der Waals surface area contributed by atoms with E-state index >= 15 is 0 Å². The number of fused-ring (bicyclic) bond motifs is 5. The Balaban J connectivity index is 1.47. The van der Waals surface area contributed by atoms with Gasteiger partial charge in [-0.05, 0) is 57.9 Å². The van der Waals surface area contributed by atoms with Crippen molar-refractivity contribution in [1.29, 1.82) is 0 Å². The molecule has 6 rings (SSSR count). The van der Waals surface area contributed by atoms with E-state index in [1.165, 1.54) is 0 Å². The fourth-order valence-corrected chi connectivity index (χ4v) is 8.02. The molecule has 0 aromatic rings. The zero-order chi connectivity index (χ0) is 20.6. The van der Waals surface area contributed by atoms with E-state index in [2.05, 4.69) is 19.9 Å². The molecule has 1 N–H and O–H groups in total. The molecule has 0 amide bonds. The highest BCUT2D eigenvalue weighted by Gasteiger charge is 2.84. The van der Waals surface area contributed by atoms with E-state index in [0.29, 0.717) is 19.3 Å². The molecule has 2 saturated heterocycles. The van der Waals surface area contributed by atoms with E-state index in [9.17, 15) is 14.7 Å². The van der Waals surface area contributed by atoms with Gasteiger partial charge in [0.1, 0.15) is 11.7 Å². The second kappa shape index (κ2) is 4.87. The summed E-state index contributed by atoms with van der Waals surface area (Å²) in [6, 6.07) is 0. The van der Waals surface area contributed by atoms with Crippen molar-refractivity contribution in [2.45, 2.75) is 82.6 Å². The Labute approximate surface area is 170 Å². The number of carboxylic acids is 1. The van der Waals surface area contributed by atoms with Crippen molar-refractivity contribution in [3.8, 4) is 0 Å². The number of ether oxygens (including phenoxy) is 3. The summed E-state index contributed by atoms with van der Waals surface area (Å²) in [5.74, 6) is -1.37. The lowest BCUT2D eigenvalue weighted by Gasteiger charge is -2.54. The lowest BCUT2D eigenvalue weighted by Crippen LogP contribution is -2.62. The molecule has 6 heteroatoms. The highest BCUT2D eigenvalue weighted by Crippen LogP contribution is 2.76. The van der Waals surface area contributed by atoms with Crippen molar-refractivity contribution in [2.75, 3.05) is 0 Å². The van der Waals surface area contributed by atoms with Gasteiger partial charge in [0.05, 0.1) is 6.10 Å². The van der Waals surface area contributed by atoms with E-state index in [0.717, 1.165) is 12.0 Å². The summed E-state index contributed by atoms with van der Waals surface area (Å²) < 4.78 is 18.9. The first-order valence-corrected chi connectivity index (χ1v) is 10.7. The van der Waals surface area contributed by atoms with Gasteiger partial charge < -0.3 is 19.3 Å². The Morgan fingerprint density at radius 1 is 1.14 bits per heavy atom. The molecule has 2 heterocycles. The Kier molecular flexibility index (Phi) is 3.07. The van der Waals surface area contributed by atoms with Gasteiger partial charge in [-0.1, -0.05) is 24.6 Å². The summed E-state index contributed by atoms with van der Waals surface area (Å²) in [7, 11) is 0. The third-order valence-corrected chi connectivity index (χ3v) is 9.21. The van der Waals surface area contributed by atoms with Crippen LogP contribution in [0.3, 0.4) is 0 Å². The summed E-state index contributed by atoms with van der Waals surface area (Å²) in [4.78, 5) is 24.7. The Morgan fingerprint density at radius 3 is 2.62 bits per heavy atom. The first-order chi connectivity index (χ1) is 13.5. The maximum absolute atomic E-state index is 12.7. The predicted molar refractivity (Wildman–Crippen MR) is 102 cm³/mol. The number of epoxide rings is 1. The van der Waals surface area contributed by atoms with Gasteiger partial charge in [0.2, 0.25) is 0 Å². The van der Waals surface area contributed by atoms with E-state index < -0.39 is 28.9 Å². The highest BCUT2D eigenvalue weighted by molar-refractivity contribution is 5.93. The molecule has 8 atom stereocenters. The molecule has 0 radical (unpaired) electrons. The van der Waals surface area contributed by atoms with Crippen molar-refractivity contribution in [1.82, 2.24) is 0 Å². The van der Waals surface area contributed by atoms with E-state index in [1.54, 1.807) is 19.9 Å². The number of carbonyl (C=O) groups is 2. The van der Waals surface area contributed by atoms with Gasteiger partial charge in [-0.25, -0.2) is 4.79 Å². The van der Waals surface area contributed by atoms with Gasteiger partial charge in [0.15, 0.2) is 17.2 Å². The number of rotatable bonds is 1. The number of allylic oxidation sites excluding steroid dienone is 2. The summed E-state index contributed by atoms with van der Waals surface area (Å²) >= 11 is 0. The lowest BCUT2D eigenvalue weighted by molar-refractivity contribution is -0.219. The summed E-state index contributed by atoms with van der Waals surface area (Å²) in [6.07, 6.45) is 8.06. The van der Waals surface area contributed by atoms with Gasteiger partial charge >= 0.3 is 5.97 Å². The van der Waals surface area contributed by atoms with Crippen molar-refractivity contribution in [3.05, 3.63) is 23.8 Å². The lowest BCUT2D eigenvalue weighted by atomic mass is 9.47. The highest BCUT2D eigenvalue weighted by atomic mass is 16.8. The van der Waals surface area contributed by atoms with Gasteiger partial charge in [0, 0.05) is 17.3 Å². The van der Waals surface area contributed by atoms with Crippen LogP contribution >= 0.6 is 0 Å². The maximum Gasteiger partial charge on any atom is 0.339 e. The third-order valence-electron chi connectivity index (χ3n) is 9.21. The van der Waals surface area contributed by atoms with Crippen LogP contribution in [0.5, 0.6) is 0 Å². The monoisotopic (exact) mass is 400 g/mol. The molecule has 6 nitrogen and oxygen atoms in total. The molecule has 6 aliphatic rings. The van der Waals surface area contributed by atoms with Crippen LogP contribution in [0.4, 0.5) is 0 Å². The second-order valence-electron chi connectivity index (χ2n) is 10.8. The predicted octanol–water partition coefficient (Wildman–Crippen LogP) is 3.01. The first-order valence-electron chi connectivity index (χ1n) is 10.7. The molecular weight excluding hydrogens is 372 g/mol. The van der Waals surface area contributed by atoms with Crippen LogP contribution in [-0.4, -0.2) is 46.1 Å². The Bertz CT molecular complexity index is 918. The van der Waals surface area contributed by atoms with Crippen molar-refractivity contribution in [3.63, 3.8) is 0 Å². The minimum absolute atomic E-state index is 0.0254. The van der Waals surface area contributed by atoms with Crippen LogP contribution < -0.4 is 0 Å². The van der Waals surface area contributed by atoms with E-state index in [1.807, 2.05) is 6.08 Å². The average Bonchev–Trinajstić information content (AvgIpc) is 3.19. The van der Waals surface area contributed by atoms with E-state index in [-0.39, 0.29) is 34.7 Å². The minimum atomic E-state index is -1.34. The number of aliphatic carboxylic acids is 1. The zero-order valence-electron chi connectivity index (χ0n) is 17.4. The molecule has 1 spiro atoms. The normalized spacial score (nSPS) is 55.9. The zero-order valence-corrected chi connectivity index (χ0v) is 17.4. The fourth-order valence-electron chi connectivity index (χ4n) is 8.02. The standard InChI is InChI=1S/C23H28O6/c1-19(2)27-16-10-15-14-6-5-12-9-13(24)7-8-20(12,3)22(14)17(28-22)11-21(15,4)23(16,29-19)18(25)26/h5,7-8,14-17H,6,9-11H2,1-4H3,(H,25,26)/t14?,15?,16-,17+,20?,21?,22-,23+/m1/s1. The smallest absolute Gasteiger partial charge is 0.339 e. The topological polar surface area (TPSA) is 85.4 Å². The average molecular weight is 400 g/mol. The second-order valence-corrected chi connectivity index (χ2v) is 10.8. The molecule has 2 aliphatic heterocycles. The van der Waals surface area contributed by atoms with Gasteiger partial charge in [-0.2, -0.15) is 0 Å². The number of hydrogen-bond donors (Lipinski definition) is 1. The molecule has 0 aromatic heterocycles. The summed E-state index contributed by atoms with van der Waals surface area (Å²) in [5, 5.41) is 10.4. The van der Waals surface area contributed by atoms with Crippen molar-refractivity contribution in [2.24, 2.45) is 22.7 Å². The molecule has 0 bridgehead atoms. The van der Waals surface area contributed by atoms with Crippen LogP contribution in [0.2, 0.25) is 0 Å². The number of carbonyl (C=O) groups excluding carboxylic acids is 1. The number of ketones is 1. The molecule has 4 fully saturated rings. The van der Waals surface area contributed by atoms with Crippen LogP contribution in [0.1, 0.15) is 53.4 Å². The molecule has 4 aliphatic carbocycles. The Hall–Kier alpha value is -1.50. The first kappa shape index (κ1) is 18.3. The van der Waals surface area contributed by atoms with Crippen molar-refractivity contribution < 1.29 is 28.9 Å². The van der Waals surface area contributed by atoms with E-state index in [4.69, 9.17) is 14.2 Å². The van der Waals surface area contributed by atoms with Crippen LogP contribution in [0, 0.1) is 22.7 Å². The molecule has 156 valence electrons. The largest absolute Gasteiger partial charge is 0.479 e.